The maximum atomic E-state index is 13.8. The molecule has 1 saturated heterocycles. The van der Waals surface area contributed by atoms with E-state index in [1.54, 1.807) is 30.3 Å². The molecule has 21 heteroatoms. The fourth-order valence-electron chi connectivity index (χ4n) is 7.26. The minimum absolute atomic E-state index is 0.102. The molecule has 64 heavy (non-hydrogen) atoms. The Morgan fingerprint density at radius 1 is 0.688 bits per heavy atom. The third-order valence-corrected chi connectivity index (χ3v) is 10.6. The van der Waals surface area contributed by atoms with E-state index in [1.165, 1.54) is 13.0 Å². The number of aromatic carboxylic acids is 1. The predicted molar refractivity (Wildman–Crippen MR) is 211 cm³/mol. The number of esters is 2. The van der Waals surface area contributed by atoms with E-state index >= 15 is 0 Å². The van der Waals surface area contributed by atoms with Crippen LogP contribution in [0.3, 0.4) is 0 Å². The zero-order chi connectivity index (χ0) is 46.5. The molecule has 334 valence electrons. The van der Waals surface area contributed by atoms with Crippen molar-refractivity contribution in [2.75, 3.05) is 6.61 Å². The Balaban J connectivity index is 1.22. The van der Waals surface area contributed by atoms with Crippen LogP contribution in [-0.2, 0) is 14.2 Å². The number of fused-ring (bicyclic) bond motifs is 1. The summed E-state index contributed by atoms with van der Waals surface area (Å²) in [4.78, 5) is 52.5. The highest BCUT2D eigenvalue weighted by Crippen LogP contribution is 2.53. The van der Waals surface area contributed by atoms with E-state index in [9.17, 15) is 80.5 Å². The predicted octanol–water partition coefficient (Wildman–Crippen LogP) is 4.00. The SMILES string of the molecule is C[C@H]1[C@H](OC(=O)c2cc(O)c(O)c(O)c2)[C@@H](O)[C@H](Oc2cc(O)c3c(c2)O[C@H](c2ccccc2)CC3=O)O[C@@H]1COC(=O)c1cc(O)c(O)c(O)c1-c1c(C(=O)O)cc(O)c(O)c1O. The highest BCUT2D eigenvalue weighted by molar-refractivity contribution is 6.08. The summed E-state index contributed by atoms with van der Waals surface area (Å²) < 4.78 is 29.0. The molecule has 0 spiro atoms. The largest absolute Gasteiger partial charge is 0.507 e. The first-order chi connectivity index (χ1) is 30.3. The second kappa shape index (κ2) is 16.9. The number of phenols is 10. The molecule has 0 amide bonds. The number of phenolic OH excluding ortho intramolecular Hbond substituents is 10. The number of carbonyl (C=O) groups is 4. The van der Waals surface area contributed by atoms with Crippen molar-refractivity contribution in [1.29, 1.82) is 0 Å². The average molecular weight is 889 g/mol. The molecule has 0 aromatic heterocycles. The van der Waals surface area contributed by atoms with Crippen molar-refractivity contribution >= 4 is 23.7 Å². The average Bonchev–Trinajstić information content (AvgIpc) is 3.25. The van der Waals surface area contributed by atoms with Crippen LogP contribution in [0.2, 0.25) is 0 Å². The quantitative estimate of drug-likeness (QED) is 0.0696. The van der Waals surface area contributed by atoms with Gasteiger partial charge in [0.1, 0.15) is 47.7 Å². The second-order valence-electron chi connectivity index (χ2n) is 14.6. The molecule has 0 bridgehead atoms. The minimum atomic E-state index is -1.93. The smallest absolute Gasteiger partial charge is 0.339 e. The highest BCUT2D eigenvalue weighted by Gasteiger charge is 2.48. The van der Waals surface area contributed by atoms with Gasteiger partial charge in [-0.2, -0.15) is 0 Å². The highest BCUT2D eigenvalue weighted by atomic mass is 16.7. The molecule has 2 aliphatic rings. The van der Waals surface area contributed by atoms with Gasteiger partial charge < -0.3 is 85.0 Å². The lowest BCUT2D eigenvalue weighted by atomic mass is 9.90. The second-order valence-corrected chi connectivity index (χ2v) is 14.6. The van der Waals surface area contributed by atoms with Gasteiger partial charge in [0.15, 0.2) is 52.1 Å². The third kappa shape index (κ3) is 7.98. The summed E-state index contributed by atoms with van der Waals surface area (Å²) in [6.07, 6.45) is -7.82. The van der Waals surface area contributed by atoms with Gasteiger partial charge in [-0.1, -0.05) is 37.3 Å². The minimum Gasteiger partial charge on any atom is -0.507 e. The summed E-state index contributed by atoms with van der Waals surface area (Å²) in [6, 6.07) is 13.4. The lowest BCUT2D eigenvalue weighted by Crippen LogP contribution is -2.58. The van der Waals surface area contributed by atoms with Gasteiger partial charge in [0, 0.05) is 29.2 Å². The number of aromatic hydroxyl groups is 10. The first kappa shape index (κ1) is 43.8. The summed E-state index contributed by atoms with van der Waals surface area (Å²) >= 11 is 0. The maximum Gasteiger partial charge on any atom is 0.339 e. The molecule has 6 atom stereocenters. The Labute approximate surface area is 358 Å². The van der Waals surface area contributed by atoms with Gasteiger partial charge in [0.05, 0.1) is 23.1 Å². The number of benzene rings is 5. The molecule has 0 aliphatic carbocycles. The van der Waals surface area contributed by atoms with Gasteiger partial charge >= 0.3 is 17.9 Å². The fourth-order valence-corrected chi connectivity index (χ4v) is 7.26. The summed E-state index contributed by atoms with van der Waals surface area (Å²) in [5.74, 6) is -17.6. The zero-order valence-electron chi connectivity index (χ0n) is 32.8. The van der Waals surface area contributed by atoms with Gasteiger partial charge in [-0.15, -0.1) is 0 Å². The Bertz CT molecular complexity index is 2690. The normalized spacial score (nSPS) is 20.4. The number of carboxylic acid groups (broad SMARTS) is 1. The van der Waals surface area contributed by atoms with Crippen LogP contribution in [0.25, 0.3) is 11.1 Å². The number of ketones is 1. The van der Waals surface area contributed by atoms with Crippen LogP contribution in [0.1, 0.15) is 66.4 Å². The van der Waals surface area contributed by atoms with E-state index < -0.39 is 152 Å². The Morgan fingerprint density at radius 3 is 1.88 bits per heavy atom. The number of Topliss-reactive ketones (excluding diaryl/α,β-unsaturated/α-hetero) is 1. The number of aliphatic hydroxyl groups is 1. The van der Waals surface area contributed by atoms with Gasteiger partial charge in [0.2, 0.25) is 17.8 Å². The maximum absolute atomic E-state index is 13.8. The van der Waals surface area contributed by atoms with Crippen LogP contribution in [0.15, 0.2) is 66.7 Å². The Hall–Kier alpha value is -8.30. The van der Waals surface area contributed by atoms with Crippen LogP contribution < -0.4 is 9.47 Å². The van der Waals surface area contributed by atoms with Gasteiger partial charge in [0.25, 0.3) is 0 Å². The fraction of sp³-hybridized carbons (Fsp3) is 0.209. The topological polar surface area (TPSA) is 357 Å². The number of hydrogen-bond acceptors (Lipinski definition) is 20. The van der Waals surface area contributed by atoms with Crippen LogP contribution in [-0.4, -0.2) is 116 Å². The van der Waals surface area contributed by atoms with Gasteiger partial charge in [-0.3, -0.25) is 4.79 Å². The summed E-state index contributed by atoms with van der Waals surface area (Å²) in [7, 11) is 0. The van der Waals surface area contributed by atoms with E-state index in [-0.39, 0.29) is 23.5 Å². The lowest BCUT2D eigenvalue weighted by Gasteiger charge is -2.42. The summed E-state index contributed by atoms with van der Waals surface area (Å²) in [5, 5.41) is 125. The van der Waals surface area contributed by atoms with Gasteiger partial charge in [-0.05, 0) is 29.8 Å². The van der Waals surface area contributed by atoms with Crippen molar-refractivity contribution in [2.45, 2.75) is 44.1 Å². The molecule has 0 saturated carbocycles. The number of hydrogen-bond donors (Lipinski definition) is 12. The number of ether oxygens (including phenoxy) is 5. The van der Waals surface area contributed by atoms with Crippen LogP contribution >= 0.6 is 0 Å². The number of rotatable bonds is 10. The van der Waals surface area contributed by atoms with Crippen molar-refractivity contribution in [3.05, 3.63) is 94.5 Å². The van der Waals surface area contributed by atoms with Crippen molar-refractivity contribution in [1.82, 2.24) is 0 Å². The molecular weight excluding hydrogens is 852 g/mol. The molecule has 2 aliphatic heterocycles. The van der Waals surface area contributed by atoms with E-state index in [4.69, 9.17) is 23.7 Å². The first-order valence-corrected chi connectivity index (χ1v) is 18.8. The van der Waals surface area contributed by atoms with E-state index in [2.05, 4.69) is 0 Å². The van der Waals surface area contributed by atoms with Gasteiger partial charge in [-0.25, -0.2) is 14.4 Å². The molecule has 5 aromatic rings. The number of carboxylic acids is 1. The molecule has 21 nitrogen and oxygen atoms in total. The summed E-state index contributed by atoms with van der Waals surface area (Å²) in [5.41, 5.74) is -3.93. The standard InChI is InChI=1S/C43H36O21/c1-15-29(14-60-42(59)20-12-26(49)35(52)37(54)31(20)30-19(40(56)57)11-25(48)34(51)36(30)53)63-43(38(55)39(15)64-41(58)17-7-23(46)33(50)24(47)8-17)61-18-9-21(44)32-22(45)13-27(62-28(32)10-18)16-5-3-2-4-6-16/h2-12,15,27,29,38-39,43-44,46-55H,13-14H2,1H3,(H,56,57)/t15-,27+,29-,38-,39+,43-/m1/s1. The molecule has 7 rings (SSSR count). The first-order valence-electron chi connectivity index (χ1n) is 18.8. The van der Waals surface area contributed by atoms with Crippen molar-refractivity contribution in [3.63, 3.8) is 0 Å². The van der Waals surface area contributed by atoms with E-state index in [0.717, 1.165) is 18.2 Å². The molecule has 0 unspecified atom stereocenters. The van der Waals surface area contributed by atoms with Crippen LogP contribution in [0.4, 0.5) is 0 Å². The van der Waals surface area contributed by atoms with Crippen molar-refractivity contribution in [3.8, 4) is 80.1 Å². The molecule has 5 aromatic carbocycles. The molecule has 0 radical (unpaired) electrons. The van der Waals surface area contributed by atoms with E-state index in [0.29, 0.717) is 17.7 Å². The number of aliphatic hydroxyl groups excluding tert-OH is 1. The molecule has 1 fully saturated rings. The lowest BCUT2D eigenvalue weighted by molar-refractivity contribution is -0.260. The molecule has 2 heterocycles. The van der Waals surface area contributed by atoms with Crippen LogP contribution in [0, 0.1) is 5.92 Å². The zero-order valence-corrected chi connectivity index (χ0v) is 32.8. The number of carbonyl (C=O) groups excluding carboxylic acids is 3. The Morgan fingerprint density at radius 2 is 1.27 bits per heavy atom. The molecule has 12 N–H and O–H groups in total. The summed E-state index contributed by atoms with van der Waals surface area (Å²) in [6.45, 7) is 0.475. The van der Waals surface area contributed by atoms with E-state index in [1.807, 2.05) is 0 Å². The third-order valence-electron chi connectivity index (χ3n) is 10.6. The van der Waals surface area contributed by atoms with Crippen molar-refractivity contribution < 1.29 is 104 Å². The monoisotopic (exact) mass is 888 g/mol. The Kier molecular flexibility index (Phi) is 11.5. The van der Waals surface area contributed by atoms with Crippen molar-refractivity contribution in [2.24, 2.45) is 5.92 Å². The molecular formula is C43H36O21. The van der Waals surface area contributed by atoms with Crippen LogP contribution in [0.5, 0.6) is 69.0 Å².